The number of ether oxygens (including phenoxy) is 2. The van der Waals surface area contributed by atoms with Crippen LogP contribution in [0.1, 0.15) is 11.1 Å². The number of halogens is 1. The Hall–Kier alpha value is -2.29. The molecule has 0 saturated heterocycles. The SMILES string of the molecule is COc1cc(C=NNC(=O)COc2ccc(C)cc2)cc(I)c1O. The van der Waals surface area contributed by atoms with Gasteiger partial charge >= 0.3 is 0 Å². The average molecular weight is 440 g/mol. The van der Waals surface area contributed by atoms with E-state index in [0.717, 1.165) is 5.56 Å². The smallest absolute Gasteiger partial charge is 0.277 e. The van der Waals surface area contributed by atoms with E-state index in [-0.39, 0.29) is 18.3 Å². The zero-order chi connectivity index (χ0) is 17.5. The Morgan fingerprint density at radius 1 is 1.33 bits per heavy atom. The van der Waals surface area contributed by atoms with Crippen LogP contribution in [0.2, 0.25) is 0 Å². The summed E-state index contributed by atoms with van der Waals surface area (Å²) >= 11 is 1.99. The van der Waals surface area contributed by atoms with Gasteiger partial charge in [-0.3, -0.25) is 4.79 Å². The molecule has 2 N–H and O–H groups in total. The third-order valence-corrected chi connectivity index (χ3v) is 3.89. The third kappa shape index (κ3) is 5.12. The Bertz CT molecular complexity index is 745. The first-order valence-electron chi connectivity index (χ1n) is 7.07. The monoisotopic (exact) mass is 440 g/mol. The van der Waals surface area contributed by atoms with Gasteiger partial charge in [-0.1, -0.05) is 17.7 Å². The lowest BCUT2D eigenvalue weighted by atomic mass is 10.2. The number of aromatic hydroxyl groups is 1. The summed E-state index contributed by atoms with van der Waals surface area (Å²) in [5, 5.41) is 13.6. The molecule has 2 aromatic carbocycles. The molecule has 0 saturated carbocycles. The van der Waals surface area contributed by atoms with Crippen LogP contribution in [0.25, 0.3) is 0 Å². The highest BCUT2D eigenvalue weighted by Crippen LogP contribution is 2.31. The van der Waals surface area contributed by atoms with E-state index in [2.05, 4.69) is 10.5 Å². The highest BCUT2D eigenvalue weighted by atomic mass is 127. The Morgan fingerprint density at radius 3 is 2.71 bits per heavy atom. The summed E-state index contributed by atoms with van der Waals surface area (Å²) in [6, 6.07) is 10.8. The van der Waals surface area contributed by atoms with E-state index in [4.69, 9.17) is 9.47 Å². The van der Waals surface area contributed by atoms with Gasteiger partial charge in [-0.05, 0) is 59.3 Å². The van der Waals surface area contributed by atoms with Crippen molar-refractivity contribution in [1.82, 2.24) is 5.43 Å². The van der Waals surface area contributed by atoms with Gasteiger partial charge in [-0.25, -0.2) is 5.43 Å². The standard InChI is InChI=1S/C17H17IN2O4/c1-11-3-5-13(6-4-11)24-10-16(21)20-19-9-12-7-14(18)17(22)15(8-12)23-2/h3-9,22H,10H2,1-2H3,(H,20,21). The molecule has 0 unspecified atom stereocenters. The number of nitrogens with one attached hydrogen (secondary N) is 1. The van der Waals surface area contributed by atoms with Gasteiger partial charge in [0.2, 0.25) is 0 Å². The van der Waals surface area contributed by atoms with Crippen molar-refractivity contribution in [3.8, 4) is 17.2 Å². The number of amides is 1. The normalized spacial score (nSPS) is 10.6. The largest absolute Gasteiger partial charge is 0.504 e. The van der Waals surface area contributed by atoms with Crippen LogP contribution in [0.15, 0.2) is 41.5 Å². The number of carbonyl (C=O) groups excluding carboxylic acids is 1. The molecule has 0 bridgehead atoms. The summed E-state index contributed by atoms with van der Waals surface area (Å²) in [6.45, 7) is 1.85. The number of phenols is 1. The average Bonchev–Trinajstić information content (AvgIpc) is 2.57. The third-order valence-electron chi connectivity index (χ3n) is 3.06. The van der Waals surface area contributed by atoms with Gasteiger partial charge in [-0.2, -0.15) is 5.10 Å². The first kappa shape index (κ1) is 18.1. The number of hydrogen-bond donors (Lipinski definition) is 2. The molecule has 0 radical (unpaired) electrons. The van der Waals surface area contributed by atoms with Crippen LogP contribution in [0.4, 0.5) is 0 Å². The highest BCUT2D eigenvalue weighted by Gasteiger charge is 2.07. The van der Waals surface area contributed by atoms with E-state index >= 15 is 0 Å². The summed E-state index contributed by atoms with van der Waals surface area (Å²) in [7, 11) is 1.47. The second-order valence-corrected chi connectivity index (χ2v) is 6.11. The summed E-state index contributed by atoms with van der Waals surface area (Å²) in [6.07, 6.45) is 1.47. The number of methoxy groups -OCH3 is 1. The van der Waals surface area contributed by atoms with Gasteiger partial charge in [0.25, 0.3) is 5.91 Å². The molecule has 0 fully saturated rings. The van der Waals surface area contributed by atoms with E-state index in [9.17, 15) is 9.90 Å². The zero-order valence-electron chi connectivity index (χ0n) is 13.2. The summed E-state index contributed by atoms with van der Waals surface area (Å²) < 4.78 is 11.0. The minimum Gasteiger partial charge on any atom is -0.504 e. The van der Waals surface area contributed by atoms with Gasteiger partial charge in [0.1, 0.15) is 5.75 Å². The van der Waals surface area contributed by atoms with Crippen molar-refractivity contribution in [1.29, 1.82) is 0 Å². The van der Waals surface area contributed by atoms with Crippen LogP contribution in [0.5, 0.6) is 17.2 Å². The lowest BCUT2D eigenvalue weighted by Crippen LogP contribution is -2.24. The number of hydrogen-bond acceptors (Lipinski definition) is 5. The van der Waals surface area contributed by atoms with Crippen LogP contribution in [0, 0.1) is 10.5 Å². The lowest BCUT2D eigenvalue weighted by Gasteiger charge is -2.06. The Morgan fingerprint density at radius 2 is 2.04 bits per heavy atom. The van der Waals surface area contributed by atoms with Crippen LogP contribution < -0.4 is 14.9 Å². The first-order chi connectivity index (χ1) is 11.5. The fourth-order valence-corrected chi connectivity index (χ4v) is 2.44. The van der Waals surface area contributed by atoms with Crippen molar-refractivity contribution in [3.63, 3.8) is 0 Å². The van der Waals surface area contributed by atoms with Crippen LogP contribution in [-0.4, -0.2) is 30.9 Å². The van der Waals surface area contributed by atoms with Gasteiger partial charge in [0.15, 0.2) is 18.1 Å². The number of benzene rings is 2. The summed E-state index contributed by atoms with van der Waals surface area (Å²) in [5.41, 5.74) is 4.19. The molecule has 0 heterocycles. The second-order valence-electron chi connectivity index (χ2n) is 4.95. The van der Waals surface area contributed by atoms with E-state index in [1.165, 1.54) is 13.3 Å². The molecule has 0 spiro atoms. The van der Waals surface area contributed by atoms with Crippen molar-refractivity contribution in [2.45, 2.75) is 6.92 Å². The molecule has 0 aliphatic rings. The molecule has 7 heteroatoms. The molecule has 2 aromatic rings. The molecule has 126 valence electrons. The number of hydrazone groups is 1. The predicted octanol–water partition coefficient (Wildman–Crippen LogP) is 2.84. The maximum absolute atomic E-state index is 11.7. The quantitative estimate of drug-likeness (QED) is 0.412. The molecular formula is C17H17IN2O4. The fraction of sp³-hybridized carbons (Fsp3) is 0.176. The Balaban J connectivity index is 1.88. The number of rotatable bonds is 6. The molecule has 0 aromatic heterocycles. The number of aryl methyl sites for hydroxylation is 1. The molecule has 1 amide bonds. The molecule has 0 aliphatic carbocycles. The van der Waals surface area contributed by atoms with Gasteiger partial charge in [-0.15, -0.1) is 0 Å². The van der Waals surface area contributed by atoms with Crippen LogP contribution in [0.3, 0.4) is 0 Å². The van der Waals surface area contributed by atoms with E-state index in [0.29, 0.717) is 20.6 Å². The Kier molecular flexibility index (Phi) is 6.42. The minimum atomic E-state index is -0.368. The predicted molar refractivity (Wildman–Crippen MR) is 99.8 cm³/mol. The zero-order valence-corrected chi connectivity index (χ0v) is 15.4. The first-order valence-corrected chi connectivity index (χ1v) is 8.15. The summed E-state index contributed by atoms with van der Waals surface area (Å²) in [5.74, 6) is 0.674. The van der Waals surface area contributed by atoms with E-state index < -0.39 is 0 Å². The summed E-state index contributed by atoms with van der Waals surface area (Å²) in [4.78, 5) is 11.7. The van der Waals surface area contributed by atoms with Crippen LogP contribution in [-0.2, 0) is 4.79 Å². The molecule has 0 aliphatic heterocycles. The molecule has 2 rings (SSSR count). The van der Waals surface area contributed by atoms with E-state index in [1.54, 1.807) is 24.3 Å². The highest BCUT2D eigenvalue weighted by molar-refractivity contribution is 14.1. The van der Waals surface area contributed by atoms with Gasteiger partial charge < -0.3 is 14.6 Å². The van der Waals surface area contributed by atoms with Gasteiger partial charge in [0.05, 0.1) is 16.9 Å². The maximum Gasteiger partial charge on any atom is 0.277 e. The lowest BCUT2D eigenvalue weighted by molar-refractivity contribution is -0.123. The molecule has 6 nitrogen and oxygen atoms in total. The maximum atomic E-state index is 11.7. The van der Waals surface area contributed by atoms with Crippen LogP contribution >= 0.6 is 22.6 Å². The number of carbonyl (C=O) groups is 1. The minimum absolute atomic E-state index is 0.0748. The van der Waals surface area contributed by atoms with E-state index in [1.807, 2.05) is 41.6 Å². The fourth-order valence-electron chi connectivity index (χ4n) is 1.82. The van der Waals surface area contributed by atoms with Crippen molar-refractivity contribution in [3.05, 3.63) is 51.1 Å². The topological polar surface area (TPSA) is 80.2 Å². The van der Waals surface area contributed by atoms with Crippen molar-refractivity contribution >= 4 is 34.7 Å². The van der Waals surface area contributed by atoms with Crippen molar-refractivity contribution in [2.75, 3.05) is 13.7 Å². The number of phenolic OH excluding ortho intramolecular Hbond substituents is 1. The second kappa shape index (κ2) is 8.53. The Labute approximate surface area is 153 Å². The molecular weight excluding hydrogens is 423 g/mol. The molecule has 0 atom stereocenters. The van der Waals surface area contributed by atoms with Crippen molar-refractivity contribution < 1.29 is 19.4 Å². The number of nitrogens with zero attached hydrogens (tertiary/aromatic N) is 1. The van der Waals surface area contributed by atoms with Crippen molar-refractivity contribution in [2.24, 2.45) is 5.10 Å². The molecule has 24 heavy (non-hydrogen) atoms. The van der Waals surface area contributed by atoms with Gasteiger partial charge in [0, 0.05) is 0 Å².